The molecule has 2 aliphatic heterocycles. The Morgan fingerprint density at radius 1 is 1.09 bits per heavy atom. The van der Waals surface area contributed by atoms with E-state index in [1.165, 1.54) is 11.3 Å². The van der Waals surface area contributed by atoms with Gasteiger partial charge in [0, 0.05) is 0 Å². The summed E-state index contributed by atoms with van der Waals surface area (Å²) in [6.45, 7) is 0.511. The molecule has 6 heteroatoms. The van der Waals surface area contributed by atoms with Gasteiger partial charge in [0.2, 0.25) is 5.91 Å². The van der Waals surface area contributed by atoms with Crippen molar-refractivity contribution in [3.8, 4) is 0 Å². The van der Waals surface area contributed by atoms with Gasteiger partial charge in [0.15, 0.2) is 0 Å². The molecular weight excluding hydrogens is 298 g/mol. The van der Waals surface area contributed by atoms with Gasteiger partial charge < -0.3 is 0 Å². The van der Waals surface area contributed by atoms with Crippen molar-refractivity contribution in [2.75, 3.05) is 0 Å². The predicted molar refractivity (Wildman–Crippen MR) is 83.3 cm³/mol. The van der Waals surface area contributed by atoms with E-state index in [2.05, 4.69) is 10.4 Å². The first-order valence-electron chi connectivity index (χ1n) is 7.02. The highest BCUT2D eigenvalue weighted by atomic mass is 32.1. The fourth-order valence-electron chi connectivity index (χ4n) is 2.94. The number of carbonyl (C=O) groups is 2. The number of rotatable bonds is 3. The van der Waals surface area contributed by atoms with Crippen molar-refractivity contribution >= 4 is 28.9 Å². The second-order valence-electron chi connectivity index (χ2n) is 5.32. The lowest BCUT2D eigenvalue weighted by Gasteiger charge is -2.20. The Kier molecular flexibility index (Phi) is 3.04. The molecule has 0 spiro atoms. The van der Waals surface area contributed by atoms with Crippen LogP contribution < -0.4 is 5.32 Å². The summed E-state index contributed by atoms with van der Waals surface area (Å²) in [6.07, 6.45) is 0. The maximum Gasteiger partial charge on any atom is 0.252 e. The summed E-state index contributed by atoms with van der Waals surface area (Å²) in [5.74, 6) is -1.02. The molecule has 1 aromatic carbocycles. The molecule has 2 amide bonds. The molecule has 1 fully saturated rings. The highest BCUT2D eigenvalue weighted by Gasteiger charge is 2.52. The number of amides is 2. The van der Waals surface area contributed by atoms with E-state index in [1.807, 2.05) is 47.8 Å². The number of fused-ring (bicyclic) bond motifs is 1. The van der Waals surface area contributed by atoms with Crippen LogP contribution >= 0.6 is 11.3 Å². The Hall–Kier alpha value is -2.47. The van der Waals surface area contributed by atoms with Crippen molar-refractivity contribution in [1.82, 2.24) is 10.3 Å². The lowest BCUT2D eigenvalue weighted by atomic mass is 9.97. The van der Waals surface area contributed by atoms with Crippen molar-refractivity contribution in [2.24, 2.45) is 11.0 Å². The lowest BCUT2D eigenvalue weighted by Crippen LogP contribution is -2.37. The molecule has 1 aromatic heterocycles. The molecule has 2 atom stereocenters. The van der Waals surface area contributed by atoms with Crippen LogP contribution in [-0.4, -0.2) is 28.6 Å². The summed E-state index contributed by atoms with van der Waals surface area (Å²) in [7, 11) is 0. The van der Waals surface area contributed by atoms with Gasteiger partial charge in [-0.2, -0.15) is 5.10 Å². The molecular formula is C16H13N3O2S. The van der Waals surface area contributed by atoms with Gasteiger partial charge in [-0.1, -0.05) is 36.4 Å². The molecule has 2 aromatic rings. The molecule has 0 radical (unpaired) electrons. The van der Waals surface area contributed by atoms with Crippen LogP contribution in [0.3, 0.4) is 0 Å². The van der Waals surface area contributed by atoms with Crippen LogP contribution in [0.4, 0.5) is 0 Å². The quantitative estimate of drug-likeness (QED) is 0.876. The molecule has 4 rings (SSSR count). The van der Waals surface area contributed by atoms with Crippen LogP contribution in [0, 0.1) is 5.92 Å². The largest absolute Gasteiger partial charge is 0.294 e. The van der Waals surface area contributed by atoms with Crippen LogP contribution in [0.2, 0.25) is 0 Å². The minimum atomic E-state index is -0.537. The summed E-state index contributed by atoms with van der Waals surface area (Å²) >= 11 is 1.53. The van der Waals surface area contributed by atoms with E-state index in [-0.39, 0.29) is 11.8 Å². The molecule has 2 aliphatic rings. The van der Waals surface area contributed by atoms with Gasteiger partial charge in [-0.05, 0) is 17.0 Å². The maximum absolute atomic E-state index is 12.1. The van der Waals surface area contributed by atoms with Gasteiger partial charge in [-0.15, -0.1) is 11.3 Å². The van der Waals surface area contributed by atoms with Gasteiger partial charge in [-0.3, -0.25) is 19.9 Å². The normalized spacial score (nSPS) is 23.5. The Balaban J connectivity index is 1.71. The van der Waals surface area contributed by atoms with Gasteiger partial charge in [0.25, 0.3) is 5.91 Å². The summed E-state index contributed by atoms with van der Waals surface area (Å²) in [6, 6.07) is 13.1. The minimum absolute atomic E-state index is 0.252. The van der Waals surface area contributed by atoms with E-state index in [1.54, 1.807) is 5.01 Å². The number of hydrazone groups is 1. The second kappa shape index (κ2) is 5.06. The topological polar surface area (TPSA) is 61.8 Å². The van der Waals surface area contributed by atoms with Crippen LogP contribution in [0.25, 0.3) is 0 Å². The molecule has 0 unspecified atom stereocenters. The fraction of sp³-hybridized carbons (Fsp3) is 0.188. The lowest BCUT2D eigenvalue weighted by molar-refractivity contribution is -0.126. The number of hydrogen-bond acceptors (Lipinski definition) is 5. The van der Waals surface area contributed by atoms with Crippen LogP contribution in [0.15, 0.2) is 52.9 Å². The summed E-state index contributed by atoms with van der Waals surface area (Å²) in [5, 5.41) is 10.7. The zero-order valence-electron chi connectivity index (χ0n) is 11.6. The first-order valence-corrected chi connectivity index (χ1v) is 7.89. The third kappa shape index (κ3) is 2.03. The molecule has 22 heavy (non-hydrogen) atoms. The number of imide groups is 1. The van der Waals surface area contributed by atoms with E-state index in [9.17, 15) is 9.59 Å². The zero-order chi connectivity index (χ0) is 15.1. The van der Waals surface area contributed by atoms with E-state index in [0.29, 0.717) is 12.3 Å². The molecule has 0 aliphatic carbocycles. The smallest absolute Gasteiger partial charge is 0.252 e. The van der Waals surface area contributed by atoms with Crippen LogP contribution in [-0.2, 0) is 16.1 Å². The third-order valence-corrected chi connectivity index (χ3v) is 4.82. The average molecular weight is 311 g/mol. The molecule has 1 N–H and O–H groups in total. The Morgan fingerprint density at radius 3 is 2.64 bits per heavy atom. The molecule has 3 heterocycles. The van der Waals surface area contributed by atoms with E-state index in [4.69, 9.17) is 0 Å². The Labute approximate surface area is 131 Å². The number of carbonyl (C=O) groups excluding carboxylic acids is 2. The minimum Gasteiger partial charge on any atom is -0.294 e. The van der Waals surface area contributed by atoms with Gasteiger partial charge in [0.05, 0.1) is 17.1 Å². The second-order valence-corrected chi connectivity index (χ2v) is 6.27. The fourth-order valence-corrected chi connectivity index (χ4v) is 3.69. The predicted octanol–water partition coefficient (Wildman–Crippen LogP) is 1.61. The highest BCUT2D eigenvalue weighted by molar-refractivity contribution is 7.12. The Bertz CT molecular complexity index is 755. The number of hydrogen-bond donors (Lipinski definition) is 1. The van der Waals surface area contributed by atoms with Gasteiger partial charge in [-0.25, -0.2) is 0 Å². The van der Waals surface area contributed by atoms with Crippen LogP contribution in [0.5, 0.6) is 0 Å². The zero-order valence-corrected chi connectivity index (χ0v) is 12.4. The van der Waals surface area contributed by atoms with Crippen molar-refractivity contribution in [2.45, 2.75) is 12.6 Å². The van der Waals surface area contributed by atoms with Crippen LogP contribution in [0.1, 0.15) is 10.4 Å². The van der Waals surface area contributed by atoms with Crippen molar-refractivity contribution in [1.29, 1.82) is 0 Å². The monoisotopic (exact) mass is 311 g/mol. The van der Waals surface area contributed by atoms with Gasteiger partial charge >= 0.3 is 0 Å². The van der Waals surface area contributed by atoms with Gasteiger partial charge in [0.1, 0.15) is 12.0 Å². The standard InChI is InChI=1S/C16H13N3O2S/c20-15-12-13(11-7-4-8-22-11)18-19(14(12)16(21)17-15)9-10-5-2-1-3-6-10/h1-8,12,14H,9H2,(H,17,20,21)/t12-,14-/m0/s1. The summed E-state index contributed by atoms with van der Waals surface area (Å²) < 4.78 is 0. The number of benzene rings is 1. The Morgan fingerprint density at radius 2 is 1.91 bits per heavy atom. The number of nitrogens with one attached hydrogen (secondary N) is 1. The van der Waals surface area contributed by atoms with Crippen molar-refractivity contribution < 1.29 is 9.59 Å². The average Bonchev–Trinajstić information content (AvgIpc) is 3.20. The number of nitrogens with zero attached hydrogens (tertiary/aromatic N) is 2. The SMILES string of the molecule is O=C1NC(=O)[C@@H]2[C@@H]1C(c1cccs1)=NN2Cc1ccccc1. The van der Waals surface area contributed by atoms with E-state index >= 15 is 0 Å². The molecule has 0 bridgehead atoms. The molecule has 1 saturated heterocycles. The first-order chi connectivity index (χ1) is 10.7. The molecule has 5 nitrogen and oxygen atoms in total. The maximum atomic E-state index is 12.1. The number of thiophene rings is 1. The third-order valence-electron chi connectivity index (χ3n) is 3.93. The summed E-state index contributed by atoms with van der Waals surface area (Å²) in [5.41, 5.74) is 1.75. The van der Waals surface area contributed by atoms with E-state index in [0.717, 1.165) is 10.4 Å². The van der Waals surface area contributed by atoms with E-state index < -0.39 is 12.0 Å². The first kappa shape index (κ1) is 13.2. The van der Waals surface area contributed by atoms with Crippen molar-refractivity contribution in [3.05, 3.63) is 58.3 Å². The molecule has 110 valence electrons. The van der Waals surface area contributed by atoms with Crippen molar-refractivity contribution in [3.63, 3.8) is 0 Å². The highest BCUT2D eigenvalue weighted by Crippen LogP contribution is 2.32. The summed E-state index contributed by atoms with van der Waals surface area (Å²) in [4.78, 5) is 25.2. The molecule has 0 saturated carbocycles.